The van der Waals surface area contributed by atoms with Gasteiger partial charge in [-0.2, -0.15) is 0 Å². The maximum atomic E-state index is 11.8. The molecule has 0 radical (unpaired) electrons. The van der Waals surface area contributed by atoms with Crippen LogP contribution in [0.25, 0.3) is 0 Å². The quantitative estimate of drug-likeness (QED) is 0.846. The summed E-state index contributed by atoms with van der Waals surface area (Å²) in [5, 5.41) is 12.3. The van der Waals surface area contributed by atoms with Gasteiger partial charge >= 0.3 is 6.03 Å². The third-order valence-corrected chi connectivity index (χ3v) is 3.26. The Balaban J connectivity index is 2.42. The molecule has 2 N–H and O–H groups in total. The predicted octanol–water partition coefficient (Wildman–Crippen LogP) is 2.13. The molecule has 6 heteroatoms. The van der Waals surface area contributed by atoms with Crippen LogP contribution in [0.15, 0.2) is 24.3 Å². The number of nitrogens with one attached hydrogen (secondary N) is 1. The van der Waals surface area contributed by atoms with E-state index in [1.54, 1.807) is 26.1 Å². The summed E-state index contributed by atoms with van der Waals surface area (Å²) in [5.41, 5.74) is 0. The molecule has 0 aliphatic heterocycles. The largest absolute Gasteiger partial charge is 0.487 e. The van der Waals surface area contributed by atoms with Gasteiger partial charge in [0, 0.05) is 7.05 Å². The number of rotatable bonds is 6. The van der Waals surface area contributed by atoms with E-state index in [1.807, 2.05) is 19.1 Å². The molecule has 20 heavy (non-hydrogen) atoms. The van der Waals surface area contributed by atoms with Gasteiger partial charge in [-0.15, -0.1) is 0 Å². The average Bonchev–Trinajstić information content (AvgIpc) is 2.45. The highest BCUT2D eigenvalue weighted by Crippen LogP contribution is 2.23. The van der Waals surface area contributed by atoms with Gasteiger partial charge in [-0.1, -0.05) is 23.7 Å². The van der Waals surface area contributed by atoms with Crippen LogP contribution in [-0.2, 0) is 0 Å². The lowest BCUT2D eigenvalue weighted by Crippen LogP contribution is -2.46. The first kappa shape index (κ1) is 16.6. The molecular weight excluding hydrogens is 280 g/mol. The van der Waals surface area contributed by atoms with E-state index >= 15 is 0 Å². The van der Waals surface area contributed by atoms with Gasteiger partial charge < -0.3 is 20.1 Å². The minimum Gasteiger partial charge on any atom is -0.487 e. The summed E-state index contributed by atoms with van der Waals surface area (Å²) in [6.45, 7) is 3.89. The monoisotopic (exact) mass is 300 g/mol. The van der Waals surface area contributed by atoms with Crippen molar-refractivity contribution in [2.75, 3.05) is 20.2 Å². The number of aliphatic hydroxyl groups is 1. The number of benzene rings is 1. The maximum absolute atomic E-state index is 11.8. The highest BCUT2D eigenvalue weighted by atomic mass is 35.5. The van der Waals surface area contributed by atoms with Gasteiger partial charge in [0.05, 0.1) is 24.2 Å². The number of para-hydroxylation sites is 1. The van der Waals surface area contributed by atoms with E-state index in [9.17, 15) is 4.79 Å². The van der Waals surface area contributed by atoms with E-state index in [2.05, 4.69) is 5.32 Å². The molecule has 2 unspecified atom stereocenters. The maximum Gasteiger partial charge on any atom is 0.317 e. The van der Waals surface area contributed by atoms with Crippen LogP contribution >= 0.6 is 11.6 Å². The Morgan fingerprint density at radius 2 is 2.10 bits per heavy atom. The van der Waals surface area contributed by atoms with E-state index in [-0.39, 0.29) is 24.8 Å². The number of likely N-dealkylation sites (N-methyl/N-ethyl adjacent to an activating group) is 1. The second kappa shape index (κ2) is 7.97. The molecule has 0 spiro atoms. The van der Waals surface area contributed by atoms with Crippen LogP contribution in [0.3, 0.4) is 0 Å². The Bertz CT molecular complexity index is 442. The fourth-order valence-electron chi connectivity index (χ4n) is 1.48. The lowest BCUT2D eigenvalue weighted by Gasteiger charge is -2.24. The molecule has 2 atom stereocenters. The van der Waals surface area contributed by atoms with Crippen LogP contribution in [0.5, 0.6) is 5.75 Å². The van der Waals surface area contributed by atoms with Crippen molar-refractivity contribution in [2.24, 2.45) is 0 Å². The van der Waals surface area contributed by atoms with Crippen LogP contribution in [0.1, 0.15) is 13.8 Å². The van der Waals surface area contributed by atoms with Crippen LogP contribution in [-0.4, -0.2) is 48.4 Å². The Hall–Kier alpha value is -1.46. The molecule has 0 aromatic heterocycles. The van der Waals surface area contributed by atoms with Crippen LogP contribution in [0.4, 0.5) is 4.79 Å². The lowest BCUT2D eigenvalue weighted by atomic mass is 10.3. The van der Waals surface area contributed by atoms with Gasteiger partial charge in [-0.3, -0.25) is 0 Å². The first-order chi connectivity index (χ1) is 9.45. The zero-order valence-corrected chi connectivity index (χ0v) is 12.7. The molecule has 1 rings (SSSR count). The molecule has 0 saturated carbocycles. The highest BCUT2D eigenvalue weighted by molar-refractivity contribution is 6.32. The molecule has 1 aromatic carbocycles. The normalized spacial score (nSPS) is 13.4. The summed E-state index contributed by atoms with van der Waals surface area (Å²) in [4.78, 5) is 13.2. The molecule has 0 saturated heterocycles. The molecule has 2 amide bonds. The molecule has 1 aromatic rings. The number of amides is 2. The Morgan fingerprint density at radius 1 is 1.45 bits per heavy atom. The lowest BCUT2D eigenvalue weighted by molar-refractivity contribution is 0.151. The first-order valence-electron chi connectivity index (χ1n) is 6.48. The van der Waals surface area contributed by atoms with Gasteiger partial charge in [0.2, 0.25) is 0 Å². The van der Waals surface area contributed by atoms with Gasteiger partial charge in [-0.05, 0) is 26.0 Å². The zero-order valence-electron chi connectivity index (χ0n) is 12.0. The van der Waals surface area contributed by atoms with Crippen molar-refractivity contribution in [2.45, 2.75) is 26.0 Å². The van der Waals surface area contributed by atoms with E-state index in [1.165, 1.54) is 4.90 Å². The topological polar surface area (TPSA) is 61.8 Å². The molecule has 5 nitrogen and oxygen atoms in total. The molecule has 0 bridgehead atoms. The fourth-order valence-corrected chi connectivity index (χ4v) is 1.66. The minimum absolute atomic E-state index is 0.0738. The molecule has 0 fully saturated rings. The predicted molar refractivity (Wildman–Crippen MR) is 79.3 cm³/mol. The number of aliphatic hydroxyl groups excluding tert-OH is 1. The van der Waals surface area contributed by atoms with E-state index in [0.717, 1.165) is 0 Å². The molecule has 0 aliphatic rings. The van der Waals surface area contributed by atoms with Gasteiger partial charge in [0.1, 0.15) is 11.9 Å². The number of ether oxygens (including phenoxy) is 1. The minimum atomic E-state index is -0.249. The first-order valence-corrected chi connectivity index (χ1v) is 6.86. The summed E-state index contributed by atoms with van der Waals surface area (Å²) >= 11 is 5.99. The standard InChI is InChI=1S/C14H21ClN2O3/c1-10(9-18)17(3)14(19)16-8-11(2)20-13-7-5-4-6-12(13)15/h4-7,10-11,18H,8-9H2,1-3H3,(H,16,19). The van der Waals surface area contributed by atoms with Gasteiger partial charge in [0.25, 0.3) is 0 Å². The summed E-state index contributed by atoms with van der Waals surface area (Å²) in [6.07, 6.45) is -0.211. The van der Waals surface area contributed by atoms with Crippen molar-refractivity contribution in [3.63, 3.8) is 0 Å². The summed E-state index contributed by atoms with van der Waals surface area (Å²) < 4.78 is 5.65. The van der Waals surface area contributed by atoms with Gasteiger partial charge in [0.15, 0.2) is 0 Å². The van der Waals surface area contributed by atoms with E-state index in [0.29, 0.717) is 17.3 Å². The fraction of sp³-hybridized carbons (Fsp3) is 0.500. The van der Waals surface area contributed by atoms with Crippen molar-refractivity contribution in [3.8, 4) is 5.75 Å². The van der Waals surface area contributed by atoms with Gasteiger partial charge in [-0.25, -0.2) is 4.79 Å². The van der Waals surface area contributed by atoms with Crippen molar-refractivity contribution < 1.29 is 14.6 Å². The zero-order chi connectivity index (χ0) is 15.1. The molecule has 0 aliphatic carbocycles. The van der Waals surface area contributed by atoms with Crippen LogP contribution in [0.2, 0.25) is 5.02 Å². The molecular formula is C14H21ClN2O3. The number of nitrogens with zero attached hydrogens (tertiary/aromatic N) is 1. The summed E-state index contributed by atoms with van der Waals surface area (Å²) in [7, 11) is 1.63. The summed E-state index contributed by atoms with van der Waals surface area (Å²) in [6, 6.07) is 6.71. The Kier molecular flexibility index (Phi) is 6.61. The second-order valence-corrected chi connectivity index (χ2v) is 5.09. The van der Waals surface area contributed by atoms with E-state index < -0.39 is 0 Å². The van der Waals surface area contributed by atoms with Crippen molar-refractivity contribution in [3.05, 3.63) is 29.3 Å². The number of hydrogen-bond donors (Lipinski definition) is 2. The Labute approximate surface area is 124 Å². The molecule has 112 valence electrons. The molecule has 0 heterocycles. The number of halogens is 1. The van der Waals surface area contributed by atoms with Crippen molar-refractivity contribution in [1.82, 2.24) is 10.2 Å². The van der Waals surface area contributed by atoms with Crippen LogP contribution < -0.4 is 10.1 Å². The van der Waals surface area contributed by atoms with E-state index in [4.69, 9.17) is 21.4 Å². The smallest absolute Gasteiger partial charge is 0.317 e. The average molecular weight is 301 g/mol. The third-order valence-electron chi connectivity index (χ3n) is 2.95. The number of hydrogen-bond acceptors (Lipinski definition) is 3. The number of urea groups is 1. The Morgan fingerprint density at radius 3 is 2.70 bits per heavy atom. The highest BCUT2D eigenvalue weighted by Gasteiger charge is 2.15. The summed E-state index contributed by atoms with van der Waals surface area (Å²) in [5.74, 6) is 0.591. The second-order valence-electron chi connectivity index (χ2n) is 4.69. The third kappa shape index (κ3) is 4.90. The van der Waals surface area contributed by atoms with Crippen molar-refractivity contribution >= 4 is 17.6 Å². The van der Waals surface area contributed by atoms with Crippen LogP contribution in [0, 0.1) is 0 Å². The number of carbonyl (C=O) groups is 1. The number of carbonyl (C=O) groups excluding carboxylic acids is 1. The SMILES string of the molecule is CC(CNC(=O)N(C)C(C)CO)Oc1ccccc1Cl. The van der Waals surface area contributed by atoms with Crippen molar-refractivity contribution in [1.29, 1.82) is 0 Å².